The third kappa shape index (κ3) is 4.84. The van der Waals surface area contributed by atoms with Gasteiger partial charge in [-0.25, -0.2) is 24.0 Å². The minimum Gasteiger partial charge on any atom is -0.488 e. The van der Waals surface area contributed by atoms with Crippen LogP contribution in [-0.2, 0) is 6.61 Å². The van der Waals surface area contributed by atoms with Crippen LogP contribution < -0.4 is 15.2 Å². The standard InChI is InChI=1S/C27H25FN6O2S/c1-16-30-13-23(37-16)14-35-21-10-18(28)11-22(12-21)36-20-8-6-17(7-9-20)25-24-26(29)31-15-32-27(24)34(33-25)19-4-2-3-5-19/h6-13,15,19H,2-5,14H2,1H3,(H2,29,31,32). The molecule has 3 aromatic heterocycles. The summed E-state index contributed by atoms with van der Waals surface area (Å²) in [5, 5.41) is 6.62. The number of nitrogen functional groups attached to an aromatic ring is 1. The maximum absolute atomic E-state index is 14.3. The van der Waals surface area contributed by atoms with Crippen molar-refractivity contribution in [2.24, 2.45) is 0 Å². The Hall–Kier alpha value is -4.05. The van der Waals surface area contributed by atoms with E-state index in [-0.39, 0.29) is 0 Å². The predicted molar refractivity (Wildman–Crippen MR) is 140 cm³/mol. The van der Waals surface area contributed by atoms with Crippen LogP contribution in [0.2, 0.25) is 0 Å². The summed E-state index contributed by atoms with van der Waals surface area (Å²) < 4.78 is 28.0. The average molecular weight is 517 g/mol. The quantitative estimate of drug-likeness (QED) is 0.265. The van der Waals surface area contributed by atoms with Crippen LogP contribution in [0.5, 0.6) is 17.2 Å². The molecule has 5 aromatic rings. The van der Waals surface area contributed by atoms with Gasteiger partial charge in [0.2, 0.25) is 0 Å². The van der Waals surface area contributed by atoms with Crippen molar-refractivity contribution in [3.05, 3.63) is 70.7 Å². The highest BCUT2D eigenvalue weighted by Crippen LogP contribution is 2.37. The number of nitrogens with two attached hydrogens (primary N) is 1. The van der Waals surface area contributed by atoms with Crippen molar-refractivity contribution in [2.45, 2.75) is 45.3 Å². The number of aryl methyl sites for hydroxylation is 1. The predicted octanol–water partition coefficient (Wildman–Crippen LogP) is 6.47. The van der Waals surface area contributed by atoms with E-state index in [0.29, 0.717) is 35.7 Å². The van der Waals surface area contributed by atoms with Gasteiger partial charge in [0.15, 0.2) is 5.65 Å². The third-order valence-corrected chi connectivity index (χ3v) is 7.33. The Morgan fingerprint density at radius 2 is 1.81 bits per heavy atom. The molecule has 0 amide bonds. The highest BCUT2D eigenvalue weighted by molar-refractivity contribution is 7.11. The van der Waals surface area contributed by atoms with E-state index in [0.717, 1.165) is 45.0 Å². The maximum Gasteiger partial charge on any atom is 0.164 e. The van der Waals surface area contributed by atoms with Gasteiger partial charge >= 0.3 is 0 Å². The molecule has 0 aliphatic heterocycles. The topological polar surface area (TPSA) is 101 Å². The second-order valence-corrected chi connectivity index (χ2v) is 10.4. The second kappa shape index (κ2) is 9.78. The van der Waals surface area contributed by atoms with Crippen LogP contribution in [0.3, 0.4) is 0 Å². The summed E-state index contributed by atoms with van der Waals surface area (Å²) in [5.74, 6) is 1.26. The number of thiazole rings is 1. The zero-order valence-corrected chi connectivity index (χ0v) is 21.0. The number of hydrogen-bond acceptors (Lipinski definition) is 8. The van der Waals surface area contributed by atoms with E-state index >= 15 is 0 Å². The van der Waals surface area contributed by atoms with Gasteiger partial charge in [-0.2, -0.15) is 5.10 Å². The zero-order valence-electron chi connectivity index (χ0n) is 20.2. The fraction of sp³-hybridized carbons (Fsp3) is 0.259. The summed E-state index contributed by atoms with van der Waals surface area (Å²) in [4.78, 5) is 13.9. The number of ether oxygens (including phenoxy) is 2. The van der Waals surface area contributed by atoms with Gasteiger partial charge < -0.3 is 15.2 Å². The summed E-state index contributed by atoms with van der Waals surface area (Å²) in [6.45, 7) is 2.25. The van der Waals surface area contributed by atoms with Crippen molar-refractivity contribution in [3.63, 3.8) is 0 Å². The van der Waals surface area contributed by atoms with Crippen LogP contribution in [0.25, 0.3) is 22.3 Å². The first kappa shape index (κ1) is 23.4. The fourth-order valence-electron chi connectivity index (χ4n) is 4.72. The fourth-order valence-corrected chi connectivity index (χ4v) is 5.43. The highest BCUT2D eigenvalue weighted by Gasteiger charge is 2.24. The largest absolute Gasteiger partial charge is 0.488 e. The molecule has 0 unspecified atom stereocenters. The lowest BCUT2D eigenvalue weighted by Gasteiger charge is -2.10. The molecule has 0 saturated heterocycles. The van der Waals surface area contributed by atoms with Crippen LogP contribution in [0, 0.1) is 12.7 Å². The Morgan fingerprint density at radius 3 is 2.57 bits per heavy atom. The summed E-state index contributed by atoms with van der Waals surface area (Å²) in [6.07, 6.45) is 7.78. The summed E-state index contributed by atoms with van der Waals surface area (Å²) in [6, 6.07) is 12.1. The number of benzene rings is 2. The van der Waals surface area contributed by atoms with Crippen LogP contribution in [0.15, 0.2) is 55.0 Å². The molecule has 3 heterocycles. The monoisotopic (exact) mass is 516 g/mol. The first-order chi connectivity index (χ1) is 18.0. The molecule has 6 rings (SSSR count). The lowest BCUT2D eigenvalue weighted by atomic mass is 10.1. The van der Waals surface area contributed by atoms with Gasteiger partial charge in [0.05, 0.1) is 21.3 Å². The molecule has 1 fully saturated rings. The molecule has 10 heteroatoms. The SMILES string of the molecule is Cc1ncc(COc2cc(F)cc(Oc3ccc(-c4nn(C5CCCC5)c5ncnc(N)c45)cc3)c2)s1. The number of aromatic nitrogens is 5. The van der Waals surface area contributed by atoms with Gasteiger partial charge in [-0.3, -0.25) is 0 Å². The molecule has 0 spiro atoms. The molecular weight excluding hydrogens is 491 g/mol. The normalized spacial score (nSPS) is 13.9. The van der Waals surface area contributed by atoms with Gasteiger partial charge in [-0.05, 0) is 44.0 Å². The lowest BCUT2D eigenvalue weighted by Crippen LogP contribution is -2.07. The Bertz CT molecular complexity index is 1560. The first-order valence-corrected chi connectivity index (χ1v) is 13.0. The van der Waals surface area contributed by atoms with E-state index in [1.807, 2.05) is 35.9 Å². The number of nitrogens with zero attached hydrogens (tertiary/aromatic N) is 5. The summed E-state index contributed by atoms with van der Waals surface area (Å²) >= 11 is 1.54. The third-order valence-electron chi connectivity index (χ3n) is 6.45. The molecule has 1 saturated carbocycles. The number of anilines is 1. The molecule has 8 nitrogen and oxygen atoms in total. The van der Waals surface area contributed by atoms with E-state index in [1.54, 1.807) is 23.6 Å². The smallest absolute Gasteiger partial charge is 0.164 e. The summed E-state index contributed by atoms with van der Waals surface area (Å²) in [5.41, 5.74) is 8.63. The molecular formula is C27H25FN6O2S. The van der Waals surface area contributed by atoms with Gasteiger partial charge in [0.1, 0.15) is 47.5 Å². The lowest BCUT2D eigenvalue weighted by molar-refractivity contribution is 0.306. The number of halogens is 1. The van der Waals surface area contributed by atoms with E-state index in [9.17, 15) is 4.39 Å². The molecule has 0 radical (unpaired) electrons. The molecule has 1 aliphatic carbocycles. The highest BCUT2D eigenvalue weighted by atomic mass is 32.1. The van der Waals surface area contributed by atoms with Crippen molar-refractivity contribution in [2.75, 3.05) is 5.73 Å². The Labute approximate surface area is 216 Å². The second-order valence-electron chi connectivity index (χ2n) is 9.07. The van der Waals surface area contributed by atoms with Crippen molar-refractivity contribution in [1.82, 2.24) is 24.7 Å². The number of fused-ring (bicyclic) bond motifs is 1. The van der Waals surface area contributed by atoms with E-state index in [1.165, 1.54) is 31.3 Å². The van der Waals surface area contributed by atoms with E-state index in [4.69, 9.17) is 20.3 Å². The van der Waals surface area contributed by atoms with Crippen molar-refractivity contribution in [3.8, 4) is 28.5 Å². The van der Waals surface area contributed by atoms with Crippen molar-refractivity contribution in [1.29, 1.82) is 0 Å². The van der Waals surface area contributed by atoms with Crippen molar-refractivity contribution < 1.29 is 13.9 Å². The zero-order chi connectivity index (χ0) is 25.4. The number of rotatable bonds is 7. The Kier molecular flexibility index (Phi) is 6.17. The summed E-state index contributed by atoms with van der Waals surface area (Å²) in [7, 11) is 0. The van der Waals surface area contributed by atoms with Crippen LogP contribution >= 0.6 is 11.3 Å². The molecule has 2 aromatic carbocycles. The Balaban J connectivity index is 1.23. The van der Waals surface area contributed by atoms with Gasteiger partial charge in [0.25, 0.3) is 0 Å². The Morgan fingerprint density at radius 1 is 1.03 bits per heavy atom. The minimum atomic E-state index is -0.441. The first-order valence-electron chi connectivity index (χ1n) is 12.1. The maximum atomic E-state index is 14.3. The molecule has 2 N–H and O–H groups in total. The molecule has 0 atom stereocenters. The molecule has 188 valence electrons. The number of hydrogen-bond donors (Lipinski definition) is 1. The van der Waals surface area contributed by atoms with Gasteiger partial charge in [0, 0.05) is 30.0 Å². The van der Waals surface area contributed by atoms with Crippen molar-refractivity contribution >= 4 is 28.2 Å². The van der Waals surface area contributed by atoms with Crippen LogP contribution in [-0.4, -0.2) is 24.7 Å². The van der Waals surface area contributed by atoms with Gasteiger partial charge in [-0.1, -0.05) is 12.8 Å². The molecule has 0 bridgehead atoms. The average Bonchev–Trinajstić information content (AvgIpc) is 3.63. The minimum absolute atomic E-state index is 0.317. The van der Waals surface area contributed by atoms with Crippen LogP contribution in [0.1, 0.15) is 41.6 Å². The van der Waals surface area contributed by atoms with Gasteiger partial charge in [-0.15, -0.1) is 11.3 Å². The van der Waals surface area contributed by atoms with E-state index < -0.39 is 5.82 Å². The molecule has 37 heavy (non-hydrogen) atoms. The van der Waals surface area contributed by atoms with E-state index in [2.05, 4.69) is 15.0 Å². The van der Waals surface area contributed by atoms with Crippen LogP contribution in [0.4, 0.5) is 10.2 Å². The molecule has 1 aliphatic rings.